The van der Waals surface area contributed by atoms with Crippen molar-refractivity contribution in [1.82, 2.24) is 0 Å². The van der Waals surface area contributed by atoms with E-state index in [1.807, 2.05) is 6.92 Å². The Balaban J connectivity index is 2.18. The lowest BCUT2D eigenvalue weighted by Gasteiger charge is -2.42. The molecule has 2 N–H and O–H groups in total. The normalized spacial score (nSPS) is 30.3. The Kier molecular flexibility index (Phi) is 5.43. The summed E-state index contributed by atoms with van der Waals surface area (Å²) in [6.45, 7) is 2.51. The quantitative estimate of drug-likeness (QED) is 0.749. The highest BCUT2D eigenvalue weighted by atomic mass is 16.7. The fraction of sp³-hybridized carbons (Fsp3) is 0.800. The molecule has 2 rings (SSSR count). The molecule has 2 aliphatic rings. The molecule has 5 nitrogen and oxygen atoms in total. The Labute approximate surface area is 119 Å². The summed E-state index contributed by atoms with van der Waals surface area (Å²) in [4.78, 5) is 11.2. The van der Waals surface area contributed by atoms with E-state index in [2.05, 4.69) is 0 Å². The van der Waals surface area contributed by atoms with Crippen LogP contribution in [0.1, 0.15) is 39.0 Å². The summed E-state index contributed by atoms with van der Waals surface area (Å²) in [6.07, 6.45) is 6.25. The van der Waals surface area contributed by atoms with Crippen molar-refractivity contribution in [3.63, 3.8) is 0 Å². The third kappa shape index (κ3) is 3.33. The largest absolute Gasteiger partial charge is 0.475 e. The SMILES string of the molecule is CCO[C@@H]1OC(C(=O)O)=C[C@H](C2CCC2)[C@@H]1CCCO. The van der Waals surface area contributed by atoms with Crippen LogP contribution in [0, 0.1) is 17.8 Å². The summed E-state index contributed by atoms with van der Waals surface area (Å²) in [5, 5.41) is 18.2. The first-order chi connectivity index (χ1) is 9.67. The number of rotatable bonds is 7. The molecule has 0 saturated heterocycles. The van der Waals surface area contributed by atoms with Crippen LogP contribution in [0.25, 0.3) is 0 Å². The van der Waals surface area contributed by atoms with Crippen LogP contribution in [0.2, 0.25) is 0 Å². The third-order valence-electron chi connectivity index (χ3n) is 4.36. The first-order valence-electron chi connectivity index (χ1n) is 7.51. The minimum absolute atomic E-state index is 0.0144. The van der Waals surface area contributed by atoms with E-state index in [0.29, 0.717) is 18.9 Å². The summed E-state index contributed by atoms with van der Waals surface area (Å²) in [5.74, 6) is -0.165. The fourth-order valence-electron chi connectivity index (χ4n) is 3.14. The second kappa shape index (κ2) is 7.09. The van der Waals surface area contributed by atoms with Crippen LogP contribution in [-0.2, 0) is 14.3 Å². The van der Waals surface area contributed by atoms with Crippen LogP contribution in [0.5, 0.6) is 0 Å². The van der Waals surface area contributed by atoms with Gasteiger partial charge in [0, 0.05) is 19.1 Å². The number of carboxylic acids is 1. The molecule has 3 atom stereocenters. The third-order valence-corrected chi connectivity index (χ3v) is 4.36. The van der Waals surface area contributed by atoms with Crippen LogP contribution >= 0.6 is 0 Å². The van der Waals surface area contributed by atoms with Gasteiger partial charge in [-0.1, -0.05) is 6.42 Å². The van der Waals surface area contributed by atoms with Gasteiger partial charge in [-0.3, -0.25) is 0 Å². The monoisotopic (exact) mass is 284 g/mol. The molecular formula is C15H24O5. The number of carbonyl (C=O) groups is 1. The first-order valence-corrected chi connectivity index (χ1v) is 7.51. The highest BCUT2D eigenvalue weighted by molar-refractivity contribution is 5.84. The van der Waals surface area contributed by atoms with E-state index in [9.17, 15) is 9.90 Å². The second-order valence-corrected chi connectivity index (χ2v) is 5.58. The topological polar surface area (TPSA) is 76.0 Å². The molecular weight excluding hydrogens is 260 g/mol. The van der Waals surface area contributed by atoms with E-state index in [0.717, 1.165) is 19.3 Å². The Bertz CT molecular complexity index is 361. The van der Waals surface area contributed by atoms with E-state index in [4.69, 9.17) is 14.6 Å². The molecule has 0 aromatic heterocycles. The van der Waals surface area contributed by atoms with Crippen molar-refractivity contribution in [2.75, 3.05) is 13.2 Å². The lowest BCUT2D eigenvalue weighted by molar-refractivity contribution is -0.183. The Morgan fingerprint density at radius 3 is 2.75 bits per heavy atom. The zero-order valence-electron chi connectivity index (χ0n) is 12.0. The van der Waals surface area contributed by atoms with E-state index >= 15 is 0 Å². The number of aliphatic hydroxyl groups is 1. The zero-order valence-corrected chi connectivity index (χ0v) is 12.0. The molecule has 0 bridgehead atoms. The molecule has 114 valence electrons. The van der Waals surface area contributed by atoms with Crippen LogP contribution in [0.3, 0.4) is 0 Å². The Hall–Kier alpha value is -1.07. The number of aliphatic hydroxyl groups excluding tert-OH is 1. The summed E-state index contributed by atoms with van der Waals surface area (Å²) in [7, 11) is 0. The van der Waals surface area contributed by atoms with E-state index in [1.54, 1.807) is 6.08 Å². The van der Waals surface area contributed by atoms with Crippen LogP contribution < -0.4 is 0 Å². The molecule has 0 amide bonds. The zero-order chi connectivity index (χ0) is 14.5. The highest BCUT2D eigenvalue weighted by Crippen LogP contribution is 2.44. The van der Waals surface area contributed by atoms with Crippen molar-refractivity contribution in [2.24, 2.45) is 17.8 Å². The Morgan fingerprint density at radius 2 is 2.25 bits per heavy atom. The predicted octanol–water partition coefficient (Wildman–Crippen LogP) is 2.15. The van der Waals surface area contributed by atoms with Gasteiger partial charge in [0.2, 0.25) is 12.0 Å². The highest BCUT2D eigenvalue weighted by Gasteiger charge is 2.42. The van der Waals surface area contributed by atoms with E-state index in [1.165, 1.54) is 6.42 Å². The molecule has 1 aliphatic heterocycles. The van der Waals surface area contributed by atoms with Gasteiger partial charge in [0.05, 0.1) is 0 Å². The molecule has 1 fully saturated rings. The number of aliphatic carboxylic acids is 1. The maximum atomic E-state index is 11.2. The van der Waals surface area contributed by atoms with Crippen LogP contribution in [0.15, 0.2) is 11.8 Å². The predicted molar refractivity (Wildman–Crippen MR) is 72.9 cm³/mol. The average molecular weight is 284 g/mol. The summed E-state index contributed by atoms with van der Waals surface area (Å²) in [6, 6.07) is 0. The van der Waals surface area contributed by atoms with Crippen molar-refractivity contribution >= 4 is 5.97 Å². The number of ether oxygens (including phenoxy) is 2. The van der Waals surface area contributed by atoms with Crippen LogP contribution in [0.4, 0.5) is 0 Å². The van der Waals surface area contributed by atoms with Gasteiger partial charge in [-0.2, -0.15) is 0 Å². The van der Waals surface area contributed by atoms with Gasteiger partial charge in [0.25, 0.3) is 0 Å². The average Bonchev–Trinajstić information content (AvgIpc) is 2.35. The van der Waals surface area contributed by atoms with Gasteiger partial charge in [-0.15, -0.1) is 0 Å². The fourth-order valence-corrected chi connectivity index (χ4v) is 3.14. The molecule has 1 aliphatic carbocycles. The maximum absolute atomic E-state index is 11.2. The summed E-state index contributed by atoms with van der Waals surface area (Å²) >= 11 is 0. The molecule has 1 heterocycles. The van der Waals surface area contributed by atoms with Crippen molar-refractivity contribution in [3.05, 3.63) is 11.8 Å². The maximum Gasteiger partial charge on any atom is 0.370 e. The minimum Gasteiger partial charge on any atom is -0.475 e. The van der Waals surface area contributed by atoms with Crippen molar-refractivity contribution in [1.29, 1.82) is 0 Å². The number of carboxylic acid groups (broad SMARTS) is 1. The minimum atomic E-state index is -1.03. The second-order valence-electron chi connectivity index (χ2n) is 5.58. The van der Waals surface area contributed by atoms with Gasteiger partial charge in [0.1, 0.15) is 0 Å². The summed E-state index contributed by atoms with van der Waals surface area (Å²) < 4.78 is 11.1. The van der Waals surface area contributed by atoms with Gasteiger partial charge in [-0.05, 0) is 50.5 Å². The molecule has 1 saturated carbocycles. The number of hydrogen-bond acceptors (Lipinski definition) is 4. The standard InChI is InChI=1S/C15H24O5/c1-2-19-15-11(7-4-8-16)12(10-5-3-6-10)9-13(20-15)14(17)18/h9-12,15-16H,2-8H2,1H3,(H,17,18)/t11-,12+,15+/m0/s1. The molecule has 0 radical (unpaired) electrons. The molecule has 0 unspecified atom stereocenters. The Morgan fingerprint density at radius 1 is 1.50 bits per heavy atom. The van der Waals surface area contributed by atoms with Gasteiger partial charge < -0.3 is 19.7 Å². The van der Waals surface area contributed by atoms with E-state index in [-0.39, 0.29) is 24.2 Å². The van der Waals surface area contributed by atoms with Crippen molar-refractivity contribution in [2.45, 2.75) is 45.3 Å². The molecule has 20 heavy (non-hydrogen) atoms. The molecule has 0 aromatic rings. The van der Waals surface area contributed by atoms with Gasteiger partial charge >= 0.3 is 5.97 Å². The van der Waals surface area contributed by atoms with E-state index < -0.39 is 12.3 Å². The van der Waals surface area contributed by atoms with Gasteiger partial charge in [0.15, 0.2) is 0 Å². The number of hydrogen-bond donors (Lipinski definition) is 2. The lowest BCUT2D eigenvalue weighted by Crippen LogP contribution is -2.41. The molecule has 5 heteroatoms. The van der Waals surface area contributed by atoms with Gasteiger partial charge in [-0.25, -0.2) is 4.79 Å². The summed E-state index contributed by atoms with van der Waals surface area (Å²) in [5.41, 5.74) is 0. The van der Waals surface area contributed by atoms with Crippen molar-refractivity contribution in [3.8, 4) is 0 Å². The number of allylic oxidation sites excluding steroid dienone is 1. The lowest BCUT2D eigenvalue weighted by atomic mass is 9.68. The first kappa shape index (κ1) is 15.3. The molecule has 0 spiro atoms. The van der Waals surface area contributed by atoms with Crippen molar-refractivity contribution < 1.29 is 24.5 Å². The van der Waals surface area contributed by atoms with Crippen LogP contribution in [-0.4, -0.2) is 35.7 Å². The molecule has 0 aromatic carbocycles. The smallest absolute Gasteiger partial charge is 0.370 e.